The molecule has 1 spiro atoms. The molecule has 2 saturated carbocycles. The highest BCUT2D eigenvalue weighted by molar-refractivity contribution is 7.90. The van der Waals surface area contributed by atoms with Crippen LogP contribution in [0.3, 0.4) is 0 Å². The lowest BCUT2D eigenvalue weighted by Gasteiger charge is -2.36. The zero-order valence-electron chi connectivity index (χ0n) is 14.9. The number of rotatable bonds is 4. The van der Waals surface area contributed by atoms with Crippen LogP contribution >= 0.6 is 0 Å². The summed E-state index contributed by atoms with van der Waals surface area (Å²) in [6.45, 7) is 1.17. The summed E-state index contributed by atoms with van der Waals surface area (Å²) in [6, 6.07) is 3.84. The van der Waals surface area contributed by atoms with Gasteiger partial charge in [0.05, 0.1) is 11.1 Å². The van der Waals surface area contributed by atoms with Crippen LogP contribution in [0.4, 0.5) is 11.4 Å². The summed E-state index contributed by atoms with van der Waals surface area (Å²) in [4.78, 5) is 12.6. The Morgan fingerprint density at radius 3 is 2.42 bits per heavy atom. The first-order chi connectivity index (χ1) is 12.5. The fourth-order valence-corrected chi connectivity index (χ4v) is 5.94. The van der Waals surface area contributed by atoms with Crippen molar-refractivity contribution in [3.63, 3.8) is 0 Å². The van der Waals surface area contributed by atoms with Crippen LogP contribution < -0.4 is 10.0 Å². The number of carbonyl (C=O) groups excluding carboxylic acids is 1. The van der Waals surface area contributed by atoms with Gasteiger partial charge in [0.1, 0.15) is 0 Å². The van der Waals surface area contributed by atoms with Gasteiger partial charge in [-0.15, -0.1) is 0 Å². The Morgan fingerprint density at radius 2 is 1.81 bits per heavy atom. The smallest absolute Gasteiger partial charge is 0.301 e. The number of piperidine rings is 1. The van der Waals surface area contributed by atoms with Crippen LogP contribution in [0.15, 0.2) is 12.1 Å². The summed E-state index contributed by atoms with van der Waals surface area (Å²) in [5.41, 5.74) is 3.26. The van der Waals surface area contributed by atoms with Crippen molar-refractivity contribution in [3.05, 3.63) is 23.3 Å². The molecule has 1 aromatic rings. The number of fused-ring (bicyclic) bond motifs is 2. The SMILES string of the molecule is O=C1Nc2c(C3CC3)cc(NS(=O)(=O)N3CCCCC3)cc2C12CCC2. The summed E-state index contributed by atoms with van der Waals surface area (Å²) in [5, 5.41) is 3.11. The Bertz CT molecular complexity index is 866. The number of hydrogen-bond acceptors (Lipinski definition) is 3. The Hall–Kier alpha value is -1.60. The second-order valence-electron chi connectivity index (χ2n) is 8.22. The molecule has 140 valence electrons. The van der Waals surface area contributed by atoms with Gasteiger partial charge in [0, 0.05) is 18.8 Å². The fraction of sp³-hybridized carbons (Fsp3) is 0.632. The lowest BCUT2D eigenvalue weighted by molar-refractivity contribution is -0.123. The van der Waals surface area contributed by atoms with Crippen molar-refractivity contribution in [2.45, 2.75) is 62.7 Å². The van der Waals surface area contributed by atoms with Gasteiger partial charge in [-0.3, -0.25) is 9.52 Å². The molecule has 7 heteroatoms. The predicted molar refractivity (Wildman–Crippen MR) is 101 cm³/mol. The number of nitrogens with one attached hydrogen (secondary N) is 2. The van der Waals surface area contributed by atoms with E-state index in [-0.39, 0.29) is 5.91 Å². The van der Waals surface area contributed by atoms with E-state index < -0.39 is 15.6 Å². The number of benzene rings is 1. The average molecular weight is 375 g/mol. The topological polar surface area (TPSA) is 78.5 Å². The molecule has 26 heavy (non-hydrogen) atoms. The van der Waals surface area contributed by atoms with E-state index in [0.717, 1.165) is 68.2 Å². The molecular weight excluding hydrogens is 350 g/mol. The van der Waals surface area contributed by atoms with Gasteiger partial charge < -0.3 is 5.32 Å². The second kappa shape index (κ2) is 5.70. The summed E-state index contributed by atoms with van der Waals surface area (Å²) in [7, 11) is -3.54. The van der Waals surface area contributed by atoms with Gasteiger partial charge >= 0.3 is 10.2 Å². The zero-order valence-corrected chi connectivity index (χ0v) is 15.7. The Morgan fingerprint density at radius 1 is 1.08 bits per heavy atom. The average Bonchev–Trinajstić information content (AvgIpc) is 3.37. The molecule has 2 aliphatic heterocycles. The normalized spacial score (nSPS) is 24.8. The van der Waals surface area contributed by atoms with Crippen molar-refractivity contribution in [2.75, 3.05) is 23.1 Å². The van der Waals surface area contributed by atoms with Gasteiger partial charge in [-0.25, -0.2) is 0 Å². The highest BCUT2D eigenvalue weighted by atomic mass is 32.2. The van der Waals surface area contributed by atoms with Crippen molar-refractivity contribution < 1.29 is 13.2 Å². The molecule has 6 nitrogen and oxygen atoms in total. The van der Waals surface area contributed by atoms with Gasteiger partial charge in [-0.2, -0.15) is 12.7 Å². The number of nitrogens with zero attached hydrogens (tertiary/aromatic N) is 1. The number of carbonyl (C=O) groups is 1. The van der Waals surface area contributed by atoms with E-state index in [1.807, 2.05) is 12.1 Å². The van der Waals surface area contributed by atoms with Crippen molar-refractivity contribution in [1.29, 1.82) is 0 Å². The maximum Gasteiger partial charge on any atom is 0.301 e. The molecule has 3 fully saturated rings. The molecule has 1 aromatic carbocycles. The monoisotopic (exact) mass is 375 g/mol. The first-order valence-corrected chi connectivity index (χ1v) is 11.2. The van der Waals surface area contributed by atoms with Crippen molar-refractivity contribution in [1.82, 2.24) is 4.31 Å². The molecule has 2 N–H and O–H groups in total. The highest BCUT2D eigenvalue weighted by Crippen LogP contribution is 2.56. The van der Waals surface area contributed by atoms with Crippen molar-refractivity contribution in [2.24, 2.45) is 0 Å². The van der Waals surface area contributed by atoms with E-state index in [9.17, 15) is 13.2 Å². The van der Waals surface area contributed by atoms with Crippen LogP contribution in [0.5, 0.6) is 0 Å². The maximum absolute atomic E-state index is 12.8. The van der Waals surface area contributed by atoms with Gasteiger partial charge in [-0.05, 0) is 67.7 Å². The first-order valence-electron chi connectivity index (χ1n) is 9.77. The lowest BCUT2D eigenvalue weighted by atomic mass is 9.65. The Balaban J connectivity index is 1.52. The van der Waals surface area contributed by atoms with Crippen LogP contribution in [-0.2, 0) is 20.4 Å². The number of anilines is 2. The zero-order chi connectivity index (χ0) is 17.9. The molecule has 5 rings (SSSR count). The minimum absolute atomic E-state index is 0.0942. The summed E-state index contributed by atoms with van der Waals surface area (Å²) >= 11 is 0. The molecule has 1 saturated heterocycles. The molecule has 0 radical (unpaired) electrons. The van der Waals surface area contributed by atoms with Crippen molar-refractivity contribution in [3.8, 4) is 0 Å². The third kappa shape index (κ3) is 2.47. The largest absolute Gasteiger partial charge is 0.325 e. The van der Waals surface area contributed by atoms with Crippen LogP contribution in [0.2, 0.25) is 0 Å². The van der Waals surface area contributed by atoms with Crippen LogP contribution in [0, 0.1) is 0 Å². The molecule has 1 amide bonds. The first kappa shape index (κ1) is 16.6. The molecular formula is C19H25N3O3S. The van der Waals surface area contributed by atoms with E-state index in [0.29, 0.717) is 24.7 Å². The van der Waals surface area contributed by atoms with E-state index >= 15 is 0 Å². The van der Waals surface area contributed by atoms with Crippen LogP contribution in [0.1, 0.15) is 68.4 Å². The van der Waals surface area contributed by atoms with E-state index in [1.54, 1.807) is 4.31 Å². The van der Waals surface area contributed by atoms with Crippen molar-refractivity contribution >= 4 is 27.5 Å². The van der Waals surface area contributed by atoms with Crippen LogP contribution in [-0.4, -0.2) is 31.7 Å². The molecule has 2 heterocycles. The minimum Gasteiger partial charge on any atom is -0.325 e. The van der Waals surface area contributed by atoms with E-state index in [1.165, 1.54) is 0 Å². The molecule has 0 aromatic heterocycles. The van der Waals surface area contributed by atoms with Gasteiger partial charge in [0.2, 0.25) is 5.91 Å². The third-order valence-electron chi connectivity index (χ3n) is 6.48. The fourth-order valence-electron chi connectivity index (χ4n) is 4.66. The summed E-state index contributed by atoms with van der Waals surface area (Å²) in [6.07, 6.45) is 7.91. The molecule has 2 aliphatic carbocycles. The lowest BCUT2D eigenvalue weighted by Crippen LogP contribution is -2.41. The predicted octanol–water partition coefficient (Wildman–Crippen LogP) is 3.08. The molecule has 0 unspecified atom stereocenters. The Labute approximate surface area is 154 Å². The van der Waals surface area contributed by atoms with Gasteiger partial charge in [0.25, 0.3) is 0 Å². The molecule has 0 bridgehead atoms. The van der Waals surface area contributed by atoms with E-state index in [4.69, 9.17) is 0 Å². The summed E-state index contributed by atoms with van der Waals surface area (Å²) in [5.74, 6) is 0.537. The highest BCUT2D eigenvalue weighted by Gasteiger charge is 2.52. The molecule has 0 atom stereocenters. The van der Waals surface area contributed by atoms with Crippen LogP contribution in [0.25, 0.3) is 0 Å². The van der Waals surface area contributed by atoms with E-state index in [2.05, 4.69) is 10.0 Å². The minimum atomic E-state index is -3.54. The van der Waals surface area contributed by atoms with Gasteiger partial charge in [-0.1, -0.05) is 12.8 Å². The quantitative estimate of drug-likeness (QED) is 0.849. The molecule has 4 aliphatic rings. The third-order valence-corrected chi connectivity index (χ3v) is 8.02. The van der Waals surface area contributed by atoms with Gasteiger partial charge in [0.15, 0.2) is 0 Å². The standard InChI is InChI=1S/C19H25N3O3S/c23-18-19(7-4-8-19)16-12-14(11-15(13-5-6-13)17(16)20-18)21-26(24,25)22-9-2-1-3-10-22/h11-13,21H,1-10H2,(H,20,23). The maximum atomic E-state index is 12.8. The summed E-state index contributed by atoms with van der Waals surface area (Å²) < 4.78 is 29.9. The Kier molecular flexibility index (Phi) is 3.63. The second-order valence-corrected chi connectivity index (χ2v) is 9.89. The number of amides is 1. The number of hydrogen-bond donors (Lipinski definition) is 2.